The zero-order chi connectivity index (χ0) is 15.3. The molecule has 124 valence electrons. The molecule has 1 spiro atoms. The molecular weight excluding hydrogens is 272 g/mol. The summed E-state index contributed by atoms with van der Waals surface area (Å²) in [4.78, 5) is 0. The van der Waals surface area contributed by atoms with Crippen LogP contribution in [0, 0.1) is 5.41 Å². The highest BCUT2D eigenvalue weighted by Crippen LogP contribution is 2.32. The summed E-state index contributed by atoms with van der Waals surface area (Å²) in [6.07, 6.45) is 3.21. The number of hydrogen-bond acceptors (Lipinski definition) is 6. The van der Waals surface area contributed by atoms with Crippen molar-refractivity contribution in [1.82, 2.24) is 0 Å². The fraction of sp³-hybridized carbons (Fsp3) is 1.00. The summed E-state index contributed by atoms with van der Waals surface area (Å²) < 4.78 is 23.2. The molecule has 2 aliphatic rings. The topological polar surface area (TPSA) is 89.0 Å². The molecule has 2 aliphatic heterocycles. The third-order valence-electron chi connectivity index (χ3n) is 4.02. The van der Waals surface area contributed by atoms with Crippen LogP contribution in [-0.2, 0) is 18.9 Å². The van der Waals surface area contributed by atoms with E-state index in [2.05, 4.69) is 0 Å². The minimum atomic E-state index is -0.157. The molecule has 2 fully saturated rings. The first-order chi connectivity index (χ1) is 9.99. The predicted molar refractivity (Wildman–Crippen MR) is 79.6 cm³/mol. The quantitative estimate of drug-likeness (QED) is 0.760. The Labute approximate surface area is 127 Å². The Morgan fingerprint density at radius 2 is 1.14 bits per heavy atom. The summed E-state index contributed by atoms with van der Waals surface area (Å²) >= 11 is 0. The van der Waals surface area contributed by atoms with Crippen LogP contribution in [0.25, 0.3) is 0 Å². The van der Waals surface area contributed by atoms with E-state index in [0.29, 0.717) is 26.4 Å². The summed E-state index contributed by atoms with van der Waals surface area (Å²) in [5, 5.41) is 0. The number of nitrogens with two attached hydrogens (primary N) is 2. The third-order valence-corrected chi connectivity index (χ3v) is 4.02. The molecule has 6 nitrogen and oxygen atoms in total. The van der Waals surface area contributed by atoms with Gasteiger partial charge in [-0.25, -0.2) is 0 Å². The molecule has 0 amide bonds. The fourth-order valence-corrected chi connectivity index (χ4v) is 2.56. The molecule has 2 atom stereocenters. The lowest BCUT2D eigenvalue weighted by Crippen LogP contribution is -2.52. The Bertz CT molecular complexity index is 263. The van der Waals surface area contributed by atoms with Crippen molar-refractivity contribution in [3.05, 3.63) is 0 Å². The highest BCUT2D eigenvalue weighted by molar-refractivity contribution is 4.84. The number of rotatable bonds is 6. The molecule has 2 unspecified atom stereocenters. The summed E-state index contributed by atoms with van der Waals surface area (Å²) in [5.74, 6) is 0. The van der Waals surface area contributed by atoms with Crippen LogP contribution in [0.4, 0.5) is 0 Å². The summed E-state index contributed by atoms with van der Waals surface area (Å²) in [7, 11) is 0. The molecule has 0 bridgehead atoms. The second-order valence-corrected chi connectivity index (χ2v) is 6.71. The maximum absolute atomic E-state index is 5.80. The standard InChI is InChI=1S/C15H30N2O4/c1-11(16)3-5-13-18-7-15(8-19-13)9-20-14(21-10-15)6-4-12(2)17/h11-14H,3-10,16-17H2,1-2H3. The second-order valence-electron chi connectivity index (χ2n) is 6.71. The summed E-state index contributed by atoms with van der Waals surface area (Å²) in [5.41, 5.74) is 11.3. The van der Waals surface area contributed by atoms with E-state index in [4.69, 9.17) is 30.4 Å². The van der Waals surface area contributed by atoms with E-state index in [1.54, 1.807) is 0 Å². The zero-order valence-electron chi connectivity index (χ0n) is 13.3. The average molecular weight is 302 g/mol. The van der Waals surface area contributed by atoms with Gasteiger partial charge in [0.05, 0.1) is 31.8 Å². The molecule has 0 saturated carbocycles. The molecular formula is C15H30N2O4. The lowest BCUT2D eigenvalue weighted by atomic mass is 9.90. The Hall–Kier alpha value is -0.240. The maximum atomic E-state index is 5.80. The Morgan fingerprint density at radius 3 is 1.43 bits per heavy atom. The Morgan fingerprint density at radius 1 is 0.810 bits per heavy atom. The lowest BCUT2D eigenvalue weighted by molar-refractivity contribution is -0.304. The average Bonchev–Trinajstić information content (AvgIpc) is 2.46. The molecule has 0 aliphatic carbocycles. The molecule has 21 heavy (non-hydrogen) atoms. The van der Waals surface area contributed by atoms with Gasteiger partial charge in [-0.1, -0.05) is 0 Å². The summed E-state index contributed by atoms with van der Waals surface area (Å²) in [6.45, 7) is 6.48. The molecule has 0 radical (unpaired) electrons. The zero-order valence-corrected chi connectivity index (χ0v) is 13.3. The highest BCUT2D eigenvalue weighted by atomic mass is 16.7. The molecule has 2 rings (SSSR count). The van der Waals surface area contributed by atoms with E-state index in [-0.39, 0.29) is 30.1 Å². The van der Waals surface area contributed by atoms with E-state index < -0.39 is 0 Å². The SMILES string of the molecule is CC(N)CCC1OCC2(CO1)COC(CCC(C)N)OC2. The first-order valence-electron chi connectivity index (χ1n) is 7.97. The van der Waals surface area contributed by atoms with Gasteiger partial charge in [0.15, 0.2) is 12.6 Å². The summed E-state index contributed by atoms with van der Waals surface area (Å²) in [6, 6.07) is 0.361. The van der Waals surface area contributed by atoms with Crippen molar-refractivity contribution in [2.24, 2.45) is 16.9 Å². The first kappa shape index (κ1) is 17.1. The molecule has 0 aromatic carbocycles. The van der Waals surface area contributed by atoms with Crippen LogP contribution in [0.1, 0.15) is 39.5 Å². The van der Waals surface area contributed by atoms with Crippen molar-refractivity contribution in [1.29, 1.82) is 0 Å². The van der Waals surface area contributed by atoms with Gasteiger partial charge in [-0.2, -0.15) is 0 Å². The molecule has 4 N–H and O–H groups in total. The van der Waals surface area contributed by atoms with E-state index in [1.807, 2.05) is 13.8 Å². The van der Waals surface area contributed by atoms with Crippen LogP contribution in [0.3, 0.4) is 0 Å². The van der Waals surface area contributed by atoms with Crippen molar-refractivity contribution in [2.75, 3.05) is 26.4 Å². The fourth-order valence-electron chi connectivity index (χ4n) is 2.56. The van der Waals surface area contributed by atoms with E-state index >= 15 is 0 Å². The van der Waals surface area contributed by atoms with Crippen molar-refractivity contribution < 1.29 is 18.9 Å². The van der Waals surface area contributed by atoms with Gasteiger partial charge >= 0.3 is 0 Å². The van der Waals surface area contributed by atoms with Gasteiger partial charge in [-0.05, 0) is 39.5 Å². The van der Waals surface area contributed by atoms with Crippen LogP contribution in [0.15, 0.2) is 0 Å². The van der Waals surface area contributed by atoms with Crippen molar-refractivity contribution in [3.8, 4) is 0 Å². The van der Waals surface area contributed by atoms with E-state index in [1.165, 1.54) is 0 Å². The molecule has 6 heteroatoms. The van der Waals surface area contributed by atoms with E-state index in [0.717, 1.165) is 25.7 Å². The lowest BCUT2D eigenvalue weighted by Gasteiger charge is -2.43. The number of ether oxygens (including phenoxy) is 4. The van der Waals surface area contributed by atoms with Crippen molar-refractivity contribution in [2.45, 2.75) is 64.2 Å². The van der Waals surface area contributed by atoms with Gasteiger partial charge in [0.25, 0.3) is 0 Å². The molecule has 2 saturated heterocycles. The Kier molecular flexibility index (Phi) is 6.40. The van der Waals surface area contributed by atoms with Crippen LogP contribution in [0.5, 0.6) is 0 Å². The van der Waals surface area contributed by atoms with Crippen LogP contribution in [-0.4, -0.2) is 51.1 Å². The third kappa shape index (κ3) is 5.47. The van der Waals surface area contributed by atoms with Crippen LogP contribution >= 0.6 is 0 Å². The molecule has 0 aromatic heterocycles. The van der Waals surface area contributed by atoms with Gasteiger partial charge in [0.1, 0.15) is 0 Å². The minimum Gasteiger partial charge on any atom is -0.352 e. The van der Waals surface area contributed by atoms with Crippen molar-refractivity contribution in [3.63, 3.8) is 0 Å². The molecule has 0 aromatic rings. The first-order valence-corrected chi connectivity index (χ1v) is 7.97. The van der Waals surface area contributed by atoms with Gasteiger partial charge < -0.3 is 30.4 Å². The maximum Gasteiger partial charge on any atom is 0.157 e. The van der Waals surface area contributed by atoms with Crippen LogP contribution in [0.2, 0.25) is 0 Å². The van der Waals surface area contributed by atoms with Gasteiger partial charge in [-0.15, -0.1) is 0 Å². The smallest absolute Gasteiger partial charge is 0.157 e. The van der Waals surface area contributed by atoms with Gasteiger partial charge in [0.2, 0.25) is 0 Å². The number of hydrogen-bond donors (Lipinski definition) is 2. The Balaban J connectivity index is 1.68. The van der Waals surface area contributed by atoms with Crippen molar-refractivity contribution >= 4 is 0 Å². The van der Waals surface area contributed by atoms with Gasteiger partial charge in [0, 0.05) is 12.1 Å². The largest absolute Gasteiger partial charge is 0.352 e. The van der Waals surface area contributed by atoms with E-state index in [9.17, 15) is 0 Å². The second kappa shape index (κ2) is 7.85. The highest BCUT2D eigenvalue weighted by Gasteiger charge is 2.41. The monoisotopic (exact) mass is 302 g/mol. The van der Waals surface area contributed by atoms with Gasteiger partial charge in [-0.3, -0.25) is 0 Å². The minimum absolute atomic E-state index is 0.141. The molecule has 2 heterocycles. The normalized spacial score (nSPS) is 36.6. The van der Waals surface area contributed by atoms with Crippen LogP contribution < -0.4 is 11.5 Å². The predicted octanol–water partition coefficient (Wildman–Crippen LogP) is 0.973.